The Labute approximate surface area is 118 Å². The number of hydrogen-bond donors (Lipinski definition) is 1. The van der Waals surface area contributed by atoms with Crippen LogP contribution in [0.25, 0.3) is 0 Å². The lowest BCUT2D eigenvalue weighted by Gasteiger charge is -2.17. The number of ether oxygens (including phenoxy) is 1. The number of halogens is 1. The van der Waals surface area contributed by atoms with Crippen molar-refractivity contribution in [2.45, 2.75) is 19.4 Å². The van der Waals surface area contributed by atoms with E-state index in [4.69, 9.17) is 4.74 Å². The van der Waals surface area contributed by atoms with Crippen molar-refractivity contribution in [3.8, 4) is 5.75 Å². The number of amides is 1. The van der Waals surface area contributed by atoms with Crippen LogP contribution in [0.3, 0.4) is 0 Å². The van der Waals surface area contributed by atoms with Gasteiger partial charge in [0.15, 0.2) is 11.6 Å². The molecule has 1 aromatic carbocycles. The highest BCUT2D eigenvalue weighted by molar-refractivity contribution is 5.75. The zero-order valence-corrected chi connectivity index (χ0v) is 12.0. The fourth-order valence-electron chi connectivity index (χ4n) is 2.66. The van der Waals surface area contributed by atoms with E-state index in [0.717, 1.165) is 19.5 Å². The number of nitrogens with one attached hydrogen (secondary N) is 1. The van der Waals surface area contributed by atoms with Crippen LogP contribution in [0.1, 0.15) is 18.4 Å². The fourth-order valence-corrected chi connectivity index (χ4v) is 2.66. The smallest absolute Gasteiger partial charge is 0.220 e. The lowest BCUT2D eigenvalue weighted by atomic mass is 10.0. The number of nitrogens with zero attached hydrogens (tertiary/aromatic N) is 1. The van der Waals surface area contributed by atoms with Crippen LogP contribution in [-0.2, 0) is 11.3 Å². The van der Waals surface area contributed by atoms with Crippen molar-refractivity contribution in [2.24, 2.45) is 5.92 Å². The van der Waals surface area contributed by atoms with Gasteiger partial charge in [0.2, 0.25) is 5.91 Å². The topological polar surface area (TPSA) is 41.6 Å². The van der Waals surface area contributed by atoms with Gasteiger partial charge in [-0.3, -0.25) is 9.69 Å². The highest BCUT2D eigenvalue weighted by Crippen LogP contribution is 2.25. The normalized spacial score (nSPS) is 19.1. The van der Waals surface area contributed by atoms with Gasteiger partial charge in [0, 0.05) is 32.1 Å². The van der Waals surface area contributed by atoms with Gasteiger partial charge < -0.3 is 10.1 Å². The summed E-state index contributed by atoms with van der Waals surface area (Å²) in [6.07, 6.45) is 1.53. The molecular formula is C15H21FN2O2. The van der Waals surface area contributed by atoms with Crippen molar-refractivity contribution in [1.29, 1.82) is 0 Å². The van der Waals surface area contributed by atoms with Crippen LogP contribution in [-0.4, -0.2) is 38.1 Å². The molecule has 1 aliphatic rings. The maximum absolute atomic E-state index is 14.1. The van der Waals surface area contributed by atoms with Crippen molar-refractivity contribution in [3.63, 3.8) is 0 Å². The molecule has 20 heavy (non-hydrogen) atoms. The molecule has 0 aliphatic carbocycles. The first-order valence-corrected chi connectivity index (χ1v) is 6.88. The Hall–Kier alpha value is -1.62. The maximum atomic E-state index is 14.1. The van der Waals surface area contributed by atoms with Crippen LogP contribution in [0.2, 0.25) is 0 Å². The van der Waals surface area contributed by atoms with Crippen LogP contribution in [0.4, 0.5) is 4.39 Å². The molecule has 2 rings (SSSR count). The molecule has 0 spiro atoms. The highest BCUT2D eigenvalue weighted by atomic mass is 19.1. The number of hydrogen-bond acceptors (Lipinski definition) is 3. The molecule has 4 nitrogen and oxygen atoms in total. The second kappa shape index (κ2) is 6.70. The van der Waals surface area contributed by atoms with E-state index in [1.54, 1.807) is 25.2 Å². The number of carbonyl (C=O) groups excluding carboxylic acids is 1. The van der Waals surface area contributed by atoms with Crippen molar-refractivity contribution in [2.75, 3.05) is 27.2 Å². The van der Waals surface area contributed by atoms with Gasteiger partial charge in [0.25, 0.3) is 0 Å². The van der Waals surface area contributed by atoms with E-state index >= 15 is 0 Å². The standard InChI is InChI=1S/C15H21FN2O2/c1-17-14(19)8-11-6-7-18(9-11)10-12-4-3-5-13(20-2)15(12)16/h3-5,11H,6-10H2,1-2H3,(H,17,19). The van der Waals surface area contributed by atoms with Gasteiger partial charge in [-0.2, -0.15) is 0 Å². The molecule has 1 atom stereocenters. The van der Waals surface area contributed by atoms with Gasteiger partial charge >= 0.3 is 0 Å². The van der Waals surface area contributed by atoms with E-state index < -0.39 is 0 Å². The summed E-state index contributed by atoms with van der Waals surface area (Å²) in [5.74, 6) is 0.432. The first-order valence-electron chi connectivity index (χ1n) is 6.88. The quantitative estimate of drug-likeness (QED) is 0.894. The minimum absolute atomic E-state index is 0.0735. The summed E-state index contributed by atoms with van der Waals surface area (Å²) in [4.78, 5) is 13.6. The summed E-state index contributed by atoms with van der Waals surface area (Å²) in [5.41, 5.74) is 0.643. The number of rotatable bonds is 5. The Balaban J connectivity index is 1.94. The summed E-state index contributed by atoms with van der Waals surface area (Å²) in [5, 5.41) is 2.65. The highest BCUT2D eigenvalue weighted by Gasteiger charge is 2.25. The average molecular weight is 280 g/mol. The number of methoxy groups -OCH3 is 1. The maximum Gasteiger partial charge on any atom is 0.220 e. The minimum Gasteiger partial charge on any atom is -0.494 e. The molecule has 0 aromatic heterocycles. The number of carbonyl (C=O) groups is 1. The summed E-state index contributed by atoms with van der Waals surface area (Å²) >= 11 is 0. The number of likely N-dealkylation sites (tertiary alicyclic amines) is 1. The number of benzene rings is 1. The van der Waals surface area contributed by atoms with E-state index in [1.807, 2.05) is 0 Å². The molecule has 1 heterocycles. The first-order chi connectivity index (χ1) is 9.63. The minimum atomic E-state index is -0.287. The third kappa shape index (κ3) is 3.48. The third-order valence-electron chi connectivity index (χ3n) is 3.78. The predicted octanol–water partition coefficient (Wildman–Crippen LogP) is 1.79. The molecule has 5 heteroatoms. The van der Waals surface area contributed by atoms with Gasteiger partial charge in [-0.15, -0.1) is 0 Å². The molecule has 110 valence electrons. The molecule has 1 N–H and O–H groups in total. The molecule has 0 saturated carbocycles. The molecule has 0 bridgehead atoms. The Morgan fingerprint density at radius 2 is 2.35 bits per heavy atom. The summed E-state index contributed by atoms with van der Waals surface area (Å²) in [6, 6.07) is 5.20. The molecule has 1 saturated heterocycles. The summed E-state index contributed by atoms with van der Waals surface area (Å²) < 4.78 is 19.1. The van der Waals surface area contributed by atoms with Crippen molar-refractivity contribution >= 4 is 5.91 Å². The van der Waals surface area contributed by atoms with E-state index in [1.165, 1.54) is 7.11 Å². The summed E-state index contributed by atoms with van der Waals surface area (Å²) in [6.45, 7) is 2.30. The average Bonchev–Trinajstić information content (AvgIpc) is 2.88. The van der Waals surface area contributed by atoms with Crippen LogP contribution in [0.15, 0.2) is 18.2 Å². The van der Waals surface area contributed by atoms with E-state index in [2.05, 4.69) is 10.2 Å². The Morgan fingerprint density at radius 1 is 1.55 bits per heavy atom. The monoisotopic (exact) mass is 280 g/mol. The molecule has 1 unspecified atom stereocenters. The van der Waals surface area contributed by atoms with Gasteiger partial charge in [0.1, 0.15) is 0 Å². The van der Waals surface area contributed by atoms with Gasteiger partial charge in [-0.05, 0) is 24.9 Å². The zero-order valence-electron chi connectivity index (χ0n) is 12.0. The third-order valence-corrected chi connectivity index (χ3v) is 3.78. The molecule has 1 aromatic rings. The zero-order chi connectivity index (χ0) is 14.5. The first kappa shape index (κ1) is 14.8. The van der Waals surface area contributed by atoms with E-state index in [-0.39, 0.29) is 17.5 Å². The van der Waals surface area contributed by atoms with E-state index in [0.29, 0.717) is 24.4 Å². The lowest BCUT2D eigenvalue weighted by Crippen LogP contribution is -2.24. The van der Waals surface area contributed by atoms with Gasteiger partial charge in [0.05, 0.1) is 7.11 Å². The van der Waals surface area contributed by atoms with Gasteiger partial charge in [-0.1, -0.05) is 12.1 Å². The largest absolute Gasteiger partial charge is 0.494 e. The Bertz CT molecular complexity index is 479. The van der Waals surface area contributed by atoms with Crippen LogP contribution < -0.4 is 10.1 Å². The molecule has 0 radical (unpaired) electrons. The SMILES string of the molecule is CNC(=O)CC1CCN(Cc2cccc(OC)c2F)C1. The second-order valence-corrected chi connectivity index (χ2v) is 5.20. The Morgan fingerprint density at radius 3 is 3.05 bits per heavy atom. The predicted molar refractivity (Wildman–Crippen MR) is 75.0 cm³/mol. The lowest BCUT2D eigenvalue weighted by molar-refractivity contribution is -0.121. The molecular weight excluding hydrogens is 259 g/mol. The van der Waals surface area contributed by atoms with Crippen molar-refractivity contribution in [3.05, 3.63) is 29.6 Å². The molecule has 1 aliphatic heterocycles. The van der Waals surface area contributed by atoms with E-state index in [9.17, 15) is 9.18 Å². The fraction of sp³-hybridized carbons (Fsp3) is 0.533. The Kier molecular flexibility index (Phi) is 4.95. The second-order valence-electron chi connectivity index (χ2n) is 5.20. The molecule has 1 fully saturated rings. The van der Waals surface area contributed by atoms with Crippen molar-refractivity contribution < 1.29 is 13.9 Å². The van der Waals surface area contributed by atoms with Crippen LogP contribution in [0, 0.1) is 11.7 Å². The van der Waals surface area contributed by atoms with Crippen LogP contribution in [0.5, 0.6) is 5.75 Å². The van der Waals surface area contributed by atoms with Crippen molar-refractivity contribution in [1.82, 2.24) is 10.2 Å². The summed E-state index contributed by atoms with van der Waals surface area (Å²) in [7, 11) is 3.12. The van der Waals surface area contributed by atoms with Crippen LogP contribution >= 0.6 is 0 Å². The molecule has 1 amide bonds. The van der Waals surface area contributed by atoms with Gasteiger partial charge in [-0.25, -0.2) is 4.39 Å².